The summed E-state index contributed by atoms with van der Waals surface area (Å²) in [5, 5.41) is 3.64. The molecule has 0 radical (unpaired) electrons. The third-order valence-corrected chi connectivity index (χ3v) is 3.31. The number of benzene rings is 1. The molecule has 0 atom stereocenters. The highest BCUT2D eigenvalue weighted by Crippen LogP contribution is 2.21. The number of hydrogen-bond acceptors (Lipinski definition) is 2. The maximum Gasteiger partial charge on any atom is 0.263 e. The predicted octanol–water partition coefficient (Wildman–Crippen LogP) is 3.80. The molecule has 0 spiro atoms. The van der Waals surface area contributed by atoms with Crippen LogP contribution in [-0.4, -0.2) is 17.6 Å². The molecule has 1 aromatic rings. The highest BCUT2D eigenvalue weighted by Gasteiger charge is 2.30. The van der Waals surface area contributed by atoms with Crippen LogP contribution in [0.4, 0.5) is 0 Å². The van der Waals surface area contributed by atoms with Gasteiger partial charge in [-0.1, -0.05) is 25.4 Å². The summed E-state index contributed by atoms with van der Waals surface area (Å²) in [6.45, 7) is 7.64. The molecule has 106 valence electrons. The minimum atomic E-state index is -0.906. The van der Waals surface area contributed by atoms with E-state index in [1.54, 1.807) is 38.1 Å². The van der Waals surface area contributed by atoms with Crippen LogP contribution in [0, 0.1) is 0 Å². The lowest BCUT2D eigenvalue weighted by atomic mass is 10.1. The van der Waals surface area contributed by atoms with Crippen LogP contribution >= 0.6 is 11.6 Å². The van der Waals surface area contributed by atoms with Crippen LogP contribution in [0.2, 0.25) is 5.02 Å². The van der Waals surface area contributed by atoms with E-state index in [4.69, 9.17) is 16.3 Å². The summed E-state index contributed by atoms with van der Waals surface area (Å²) < 4.78 is 5.74. The lowest BCUT2D eigenvalue weighted by Gasteiger charge is -2.27. The molecule has 1 amide bonds. The molecular formula is C15H22ClNO2. The monoisotopic (exact) mass is 283 g/mol. The average Bonchev–Trinajstić information content (AvgIpc) is 2.38. The van der Waals surface area contributed by atoms with Crippen molar-refractivity contribution in [2.24, 2.45) is 0 Å². The maximum atomic E-state index is 12.2. The van der Waals surface area contributed by atoms with Gasteiger partial charge in [0.2, 0.25) is 0 Å². The van der Waals surface area contributed by atoms with Crippen molar-refractivity contribution >= 4 is 17.5 Å². The maximum absolute atomic E-state index is 12.2. The summed E-state index contributed by atoms with van der Waals surface area (Å²) in [5.74, 6) is 0.533. The smallest absolute Gasteiger partial charge is 0.263 e. The number of rotatable bonds is 6. The first kappa shape index (κ1) is 15.8. The van der Waals surface area contributed by atoms with Gasteiger partial charge in [0.1, 0.15) is 5.75 Å². The third-order valence-electron chi connectivity index (χ3n) is 3.05. The van der Waals surface area contributed by atoms with E-state index in [1.807, 2.05) is 0 Å². The Balaban J connectivity index is 2.69. The largest absolute Gasteiger partial charge is 0.478 e. The molecular weight excluding hydrogens is 262 g/mol. The van der Waals surface area contributed by atoms with Gasteiger partial charge in [-0.15, -0.1) is 0 Å². The normalized spacial score (nSPS) is 11.5. The van der Waals surface area contributed by atoms with E-state index in [9.17, 15) is 4.79 Å². The Morgan fingerprint density at radius 1 is 1.26 bits per heavy atom. The van der Waals surface area contributed by atoms with Gasteiger partial charge in [0.05, 0.1) is 0 Å². The van der Waals surface area contributed by atoms with Gasteiger partial charge >= 0.3 is 0 Å². The number of amides is 1. The second-order valence-electron chi connectivity index (χ2n) is 5.05. The fourth-order valence-corrected chi connectivity index (χ4v) is 1.82. The molecule has 3 nitrogen and oxygen atoms in total. The van der Waals surface area contributed by atoms with Gasteiger partial charge in [-0.05, 0) is 51.0 Å². The van der Waals surface area contributed by atoms with Crippen molar-refractivity contribution in [1.29, 1.82) is 0 Å². The van der Waals surface area contributed by atoms with Crippen molar-refractivity contribution in [2.75, 3.05) is 0 Å². The van der Waals surface area contributed by atoms with Crippen molar-refractivity contribution in [1.82, 2.24) is 5.32 Å². The van der Waals surface area contributed by atoms with Crippen molar-refractivity contribution in [2.45, 2.75) is 52.2 Å². The average molecular weight is 284 g/mol. The number of hydrogen-bond donors (Lipinski definition) is 1. The Labute approximate surface area is 120 Å². The van der Waals surface area contributed by atoms with Crippen LogP contribution in [0.25, 0.3) is 0 Å². The molecule has 0 fully saturated rings. The summed E-state index contributed by atoms with van der Waals surface area (Å²) in [6.07, 6.45) is 1.83. The zero-order valence-corrected chi connectivity index (χ0v) is 12.8. The van der Waals surface area contributed by atoms with Crippen LogP contribution in [0.15, 0.2) is 24.3 Å². The molecule has 1 N–H and O–H groups in total. The van der Waals surface area contributed by atoms with E-state index < -0.39 is 5.60 Å². The van der Waals surface area contributed by atoms with Crippen LogP contribution in [-0.2, 0) is 4.79 Å². The minimum absolute atomic E-state index is 0.101. The lowest BCUT2D eigenvalue weighted by Crippen LogP contribution is -2.49. The number of nitrogens with one attached hydrogen (secondary N) is 1. The second-order valence-corrected chi connectivity index (χ2v) is 5.49. The Kier molecular flexibility index (Phi) is 5.67. The summed E-state index contributed by atoms with van der Waals surface area (Å²) in [4.78, 5) is 12.2. The molecule has 0 aliphatic rings. The van der Waals surface area contributed by atoms with Gasteiger partial charge < -0.3 is 10.1 Å². The minimum Gasteiger partial charge on any atom is -0.478 e. The molecule has 0 unspecified atom stereocenters. The lowest BCUT2D eigenvalue weighted by molar-refractivity contribution is -0.135. The number of carbonyl (C=O) groups is 1. The summed E-state index contributed by atoms with van der Waals surface area (Å²) in [6, 6.07) is 7.20. The fraction of sp³-hybridized carbons (Fsp3) is 0.533. The van der Waals surface area contributed by atoms with Crippen LogP contribution in [0.1, 0.15) is 40.5 Å². The topological polar surface area (TPSA) is 38.3 Å². The molecule has 0 aliphatic heterocycles. The number of carbonyl (C=O) groups excluding carboxylic acids is 1. The van der Waals surface area contributed by atoms with Crippen molar-refractivity contribution in [3.63, 3.8) is 0 Å². The molecule has 0 saturated carbocycles. The van der Waals surface area contributed by atoms with Crippen LogP contribution < -0.4 is 10.1 Å². The van der Waals surface area contributed by atoms with E-state index in [0.717, 1.165) is 12.8 Å². The summed E-state index contributed by atoms with van der Waals surface area (Å²) in [5.41, 5.74) is -0.906. The summed E-state index contributed by atoms with van der Waals surface area (Å²) in [7, 11) is 0. The first-order valence-corrected chi connectivity index (χ1v) is 7.02. The Morgan fingerprint density at radius 3 is 2.26 bits per heavy atom. The molecule has 1 rings (SSSR count). The highest BCUT2D eigenvalue weighted by atomic mass is 35.5. The van der Waals surface area contributed by atoms with Gasteiger partial charge in [0.25, 0.3) is 5.91 Å². The Bertz CT molecular complexity index is 411. The molecule has 0 aromatic heterocycles. The number of halogens is 1. The highest BCUT2D eigenvalue weighted by molar-refractivity contribution is 6.30. The van der Waals surface area contributed by atoms with Gasteiger partial charge in [0, 0.05) is 11.1 Å². The van der Waals surface area contributed by atoms with Gasteiger partial charge in [-0.25, -0.2) is 0 Å². The molecule has 0 heterocycles. The molecule has 19 heavy (non-hydrogen) atoms. The van der Waals surface area contributed by atoms with Gasteiger partial charge in [-0.3, -0.25) is 4.79 Å². The molecule has 1 aromatic carbocycles. The molecule has 0 aliphatic carbocycles. The van der Waals surface area contributed by atoms with Gasteiger partial charge in [0.15, 0.2) is 5.60 Å². The van der Waals surface area contributed by atoms with E-state index in [0.29, 0.717) is 10.8 Å². The molecule has 0 saturated heterocycles. The molecule has 0 bridgehead atoms. The van der Waals surface area contributed by atoms with Crippen LogP contribution in [0.3, 0.4) is 0 Å². The van der Waals surface area contributed by atoms with E-state index >= 15 is 0 Å². The quantitative estimate of drug-likeness (QED) is 0.862. The predicted molar refractivity (Wildman–Crippen MR) is 78.7 cm³/mol. The van der Waals surface area contributed by atoms with Gasteiger partial charge in [-0.2, -0.15) is 0 Å². The Hall–Kier alpha value is -1.22. The standard InChI is InChI=1S/C15H22ClNO2/c1-5-12(6-2)17-14(18)15(3,4)19-13-9-7-11(16)8-10-13/h7-10,12H,5-6H2,1-4H3,(H,17,18). The molecule has 4 heteroatoms. The Morgan fingerprint density at radius 2 is 1.79 bits per heavy atom. The van der Waals surface area contributed by atoms with Crippen molar-refractivity contribution in [3.05, 3.63) is 29.3 Å². The number of ether oxygens (including phenoxy) is 1. The SMILES string of the molecule is CCC(CC)NC(=O)C(C)(C)Oc1ccc(Cl)cc1. The van der Waals surface area contributed by atoms with Crippen molar-refractivity contribution in [3.8, 4) is 5.75 Å². The second kappa shape index (κ2) is 6.80. The van der Waals surface area contributed by atoms with Crippen LogP contribution in [0.5, 0.6) is 5.75 Å². The van der Waals surface area contributed by atoms with E-state index in [2.05, 4.69) is 19.2 Å². The zero-order valence-electron chi connectivity index (χ0n) is 12.0. The zero-order chi connectivity index (χ0) is 14.5. The first-order valence-electron chi connectivity index (χ1n) is 6.64. The van der Waals surface area contributed by atoms with Crippen molar-refractivity contribution < 1.29 is 9.53 Å². The summed E-state index contributed by atoms with van der Waals surface area (Å²) >= 11 is 5.82. The van der Waals surface area contributed by atoms with E-state index in [1.165, 1.54) is 0 Å². The van der Waals surface area contributed by atoms with E-state index in [-0.39, 0.29) is 11.9 Å². The fourth-order valence-electron chi connectivity index (χ4n) is 1.70. The third kappa shape index (κ3) is 4.75. The first-order chi connectivity index (χ1) is 8.89.